The average molecular weight is 456 g/mol. The van der Waals surface area contributed by atoms with E-state index in [4.69, 9.17) is 16.2 Å². The van der Waals surface area contributed by atoms with Crippen LogP contribution in [0.25, 0.3) is 0 Å². The van der Waals surface area contributed by atoms with E-state index < -0.39 is 30.1 Å². The summed E-state index contributed by atoms with van der Waals surface area (Å²) in [5.74, 6) is -1.92. The van der Waals surface area contributed by atoms with E-state index in [-0.39, 0.29) is 32.0 Å². The number of carboxylic acid groups (broad SMARTS) is 1. The van der Waals surface area contributed by atoms with Gasteiger partial charge in [-0.1, -0.05) is 60.7 Å². The Morgan fingerprint density at radius 3 is 2.09 bits per heavy atom. The predicted molar refractivity (Wildman–Crippen MR) is 123 cm³/mol. The van der Waals surface area contributed by atoms with E-state index in [1.807, 2.05) is 36.4 Å². The molecule has 2 aromatic carbocycles. The lowest BCUT2D eigenvalue weighted by atomic mass is 10.0. The van der Waals surface area contributed by atoms with Gasteiger partial charge in [0.2, 0.25) is 5.91 Å². The lowest BCUT2D eigenvalue weighted by molar-refractivity contribution is -0.142. The smallest absolute Gasteiger partial charge is 0.408 e. The van der Waals surface area contributed by atoms with E-state index in [0.717, 1.165) is 11.1 Å². The number of nitrogens with one attached hydrogen (secondary N) is 2. The first kappa shape index (κ1) is 25.2. The quantitative estimate of drug-likeness (QED) is 0.182. The molecule has 2 amide bonds. The minimum atomic E-state index is -1.20. The fraction of sp³-hybridized carbons (Fsp3) is 0.304. The van der Waals surface area contributed by atoms with Gasteiger partial charge in [-0.25, -0.2) is 9.59 Å². The zero-order chi connectivity index (χ0) is 24.1. The number of aliphatic imine (C=N–C) groups is 1. The average Bonchev–Trinajstić information content (AvgIpc) is 2.80. The summed E-state index contributed by atoms with van der Waals surface area (Å²) in [6.07, 6.45) is -0.151. The largest absolute Gasteiger partial charge is 0.480 e. The highest BCUT2D eigenvalue weighted by Crippen LogP contribution is 2.07. The van der Waals surface area contributed by atoms with Crippen molar-refractivity contribution in [2.45, 2.75) is 38.0 Å². The van der Waals surface area contributed by atoms with E-state index in [2.05, 4.69) is 15.6 Å². The summed E-state index contributed by atoms with van der Waals surface area (Å²) in [5.41, 5.74) is 12.1. The van der Waals surface area contributed by atoms with Crippen molar-refractivity contribution in [3.8, 4) is 0 Å². The van der Waals surface area contributed by atoms with Gasteiger partial charge in [0.1, 0.15) is 18.7 Å². The van der Waals surface area contributed by atoms with Gasteiger partial charge >= 0.3 is 12.1 Å². The van der Waals surface area contributed by atoms with Crippen LogP contribution in [-0.2, 0) is 27.4 Å². The van der Waals surface area contributed by atoms with Crippen LogP contribution in [-0.4, -0.2) is 47.7 Å². The highest BCUT2D eigenvalue weighted by molar-refractivity contribution is 5.89. The number of ether oxygens (including phenoxy) is 1. The Hall–Kier alpha value is -4.08. The van der Waals surface area contributed by atoms with Crippen molar-refractivity contribution in [3.63, 3.8) is 0 Å². The summed E-state index contributed by atoms with van der Waals surface area (Å²) in [7, 11) is 0. The molecule has 0 aliphatic carbocycles. The molecule has 0 aliphatic rings. The van der Waals surface area contributed by atoms with Gasteiger partial charge in [-0.15, -0.1) is 0 Å². The molecule has 0 bridgehead atoms. The van der Waals surface area contributed by atoms with E-state index in [1.165, 1.54) is 0 Å². The number of nitrogens with zero attached hydrogens (tertiary/aromatic N) is 1. The van der Waals surface area contributed by atoms with Gasteiger partial charge in [-0.05, 0) is 24.0 Å². The van der Waals surface area contributed by atoms with Crippen molar-refractivity contribution < 1.29 is 24.2 Å². The molecule has 33 heavy (non-hydrogen) atoms. The molecule has 0 radical (unpaired) electrons. The van der Waals surface area contributed by atoms with E-state index in [1.54, 1.807) is 24.3 Å². The first-order valence-electron chi connectivity index (χ1n) is 10.4. The highest BCUT2D eigenvalue weighted by Gasteiger charge is 2.27. The number of carbonyl (C=O) groups excluding carboxylic acids is 2. The van der Waals surface area contributed by atoms with Crippen molar-refractivity contribution in [2.75, 3.05) is 6.54 Å². The fourth-order valence-electron chi connectivity index (χ4n) is 3.00. The molecule has 0 heterocycles. The summed E-state index contributed by atoms with van der Waals surface area (Å²) in [4.78, 5) is 40.7. The zero-order valence-corrected chi connectivity index (χ0v) is 18.1. The lowest BCUT2D eigenvalue weighted by Gasteiger charge is -2.21. The molecule has 0 saturated carbocycles. The molecule has 0 aliphatic heterocycles. The standard InChI is InChI=1S/C23H29N5O5/c24-22(25)26-13-7-12-18(21(30)31)27-20(29)19(14-16-8-3-1-4-9-16)28-23(32)33-15-17-10-5-2-6-11-17/h1-6,8-11,18-19H,7,12-15H2,(H,27,29)(H,28,32)(H,30,31)(H4,24,25,26)/t18-,19-/m1/s1. The van der Waals surface area contributed by atoms with Crippen LogP contribution in [0.3, 0.4) is 0 Å². The van der Waals surface area contributed by atoms with Crippen molar-refractivity contribution in [1.29, 1.82) is 0 Å². The molecule has 0 saturated heterocycles. The predicted octanol–water partition coefficient (Wildman–Crippen LogP) is 1.15. The normalized spacial score (nSPS) is 12.1. The summed E-state index contributed by atoms with van der Waals surface area (Å²) < 4.78 is 5.22. The molecule has 0 unspecified atom stereocenters. The van der Waals surface area contributed by atoms with Gasteiger partial charge in [0.15, 0.2) is 5.96 Å². The molecule has 7 N–H and O–H groups in total. The third-order valence-corrected chi connectivity index (χ3v) is 4.66. The van der Waals surface area contributed by atoms with Crippen molar-refractivity contribution in [1.82, 2.24) is 10.6 Å². The molecule has 0 fully saturated rings. The Labute approximate surface area is 192 Å². The Kier molecular flexibility index (Phi) is 10.2. The second-order valence-electron chi connectivity index (χ2n) is 7.30. The summed E-state index contributed by atoms with van der Waals surface area (Å²) in [6.45, 7) is 0.272. The van der Waals surface area contributed by atoms with E-state index >= 15 is 0 Å². The van der Waals surface area contributed by atoms with Crippen molar-refractivity contribution >= 4 is 23.9 Å². The molecule has 10 nitrogen and oxygen atoms in total. The lowest BCUT2D eigenvalue weighted by Crippen LogP contribution is -2.52. The Morgan fingerprint density at radius 1 is 0.909 bits per heavy atom. The van der Waals surface area contributed by atoms with Crippen molar-refractivity contribution in [2.24, 2.45) is 16.5 Å². The van der Waals surface area contributed by atoms with Crippen LogP contribution in [0.15, 0.2) is 65.7 Å². The molecular weight excluding hydrogens is 426 g/mol. The minimum Gasteiger partial charge on any atom is -0.480 e. The molecule has 10 heteroatoms. The molecule has 2 atom stereocenters. The van der Waals surface area contributed by atoms with E-state index in [9.17, 15) is 19.5 Å². The first-order valence-corrected chi connectivity index (χ1v) is 10.4. The van der Waals surface area contributed by atoms with Crippen LogP contribution >= 0.6 is 0 Å². The highest BCUT2D eigenvalue weighted by atomic mass is 16.5. The van der Waals surface area contributed by atoms with Gasteiger partial charge in [0.25, 0.3) is 0 Å². The van der Waals surface area contributed by atoms with Gasteiger partial charge in [-0.2, -0.15) is 0 Å². The number of hydrogen-bond acceptors (Lipinski definition) is 5. The van der Waals surface area contributed by atoms with Crippen molar-refractivity contribution in [3.05, 3.63) is 71.8 Å². The molecule has 0 spiro atoms. The monoisotopic (exact) mass is 455 g/mol. The maximum absolute atomic E-state index is 12.9. The Morgan fingerprint density at radius 2 is 1.52 bits per heavy atom. The first-order chi connectivity index (χ1) is 15.8. The number of carbonyl (C=O) groups is 3. The van der Waals surface area contributed by atoms with Crippen LogP contribution in [0, 0.1) is 0 Å². The number of benzene rings is 2. The molecule has 2 aromatic rings. The van der Waals surface area contributed by atoms with E-state index in [0.29, 0.717) is 6.42 Å². The number of alkyl carbamates (subject to hydrolysis) is 1. The summed E-state index contributed by atoms with van der Waals surface area (Å²) >= 11 is 0. The van der Waals surface area contributed by atoms with Crippen LogP contribution in [0.4, 0.5) is 4.79 Å². The zero-order valence-electron chi connectivity index (χ0n) is 18.1. The van der Waals surface area contributed by atoms with Crippen LogP contribution in [0.1, 0.15) is 24.0 Å². The second kappa shape index (κ2) is 13.4. The third kappa shape index (κ3) is 9.72. The van der Waals surface area contributed by atoms with Gasteiger partial charge < -0.3 is 31.9 Å². The Bertz CT molecular complexity index is 933. The number of aliphatic carboxylic acids is 1. The third-order valence-electron chi connectivity index (χ3n) is 4.66. The van der Waals surface area contributed by atoms with Crippen LogP contribution < -0.4 is 22.1 Å². The Balaban J connectivity index is 2.02. The number of hydrogen-bond donors (Lipinski definition) is 5. The molecule has 2 rings (SSSR count). The maximum Gasteiger partial charge on any atom is 0.408 e. The summed E-state index contributed by atoms with van der Waals surface area (Å²) in [6, 6.07) is 16.0. The number of guanidine groups is 1. The van der Waals surface area contributed by atoms with Gasteiger partial charge in [-0.3, -0.25) is 9.79 Å². The topological polar surface area (TPSA) is 169 Å². The minimum absolute atomic E-state index is 0.0366. The molecule has 176 valence electrons. The van der Waals surface area contributed by atoms with Crippen LogP contribution in [0.5, 0.6) is 0 Å². The number of rotatable bonds is 12. The van der Waals surface area contributed by atoms with Crippen LogP contribution in [0.2, 0.25) is 0 Å². The van der Waals surface area contributed by atoms with Gasteiger partial charge in [0, 0.05) is 13.0 Å². The van der Waals surface area contributed by atoms with Gasteiger partial charge in [0.05, 0.1) is 0 Å². The SMILES string of the molecule is NC(N)=NCCC[C@@H](NC(=O)[C@@H](Cc1ccccc1)NC(=O)OCc1ccccc1)C(=O)O. The second-order valence-corrected chi connectivity index (χ2v) is 7.30. The summed E-state index contributed by atoms with van der Waals surface area (Å²) in [5, 5.41) is 14.5. The molecular formula is C23H29N5O5. The number of carboxylic acids is 1. The fourth-order valence-corrected chi connectivity index (χ4v) is 3.00. The maximum atomic E-state index is 12.9. The number of nitrogens with two attached hydrogens (primary N) is 2. The molecule has 0 aromatic heterocycles. The number of amides is 2.